The molecule has 0 aromatic heterocycles. The fourth-order valence-corrected chi connectivity index (χ4v) is 3.38. The third kappa shape index (κ3) is 7.50. The molecule has 0 atom stereocenters. The maximum Gasteiger partial charge on any atom is 0.324 e. The summed E-state index contributed by atoms with van der Waals surface area (Å²) in [6.07, 6.45) is 7.43. The maximum absolute atomic E-state index is 12.3. The molecule has 0 aliphatic carbocycles. The summed E-state index contributed by atoms with van der Waals surface area (Å²) in [5, 5.41) is 0. The first kappa shape index (κ1) is 22.2. The van der Waals surface area contributed by atoms with E-state index in [4.69, 9.17) is 9.57 Å². The molecular formula is C22H34N2O4. The number of carbonyl (C=O) groups excluding carboxylic acids is 2. The highest BCUT2D eigenvalue weighted by molar-refractivity contribution is 5.76. The van der Waals surface area contributed by atoms with E-state index in [1.807, 2.05) is 12.1 Å². The predicted octanol–water partition coefficient (Wildman–Crippen LogP) is 4.30. The second-order valence-corrected chi connectivity index (χ2v) is 7.37. The Bertz CT molecular complexity index is 627. The van der Waals surface area contributed by atoms with E-state index in [1.165, 1.54) is 19.3 Å². The van der Waals surface area contributed by atoms with Crippen molar-refractivity contribution in [2.75, 3.05) is 24.5 Å². The number of nitrogens with one attached hydrogen (secondary N) is 1. The molecule has 2 rings (SSSR count). The Morgan fingerprint density at radius 1 is 1.04 bits per heavy atom. The number of esters is 1. The number of rotatable bonds is 11. The number of para-hydroxylation sites is 1. The smallest absolute Gasteiger partial charge is 0.324 e. The van der Waals surface area contributed by atoms with E-state index in [1.54, 1.807) is 0 Å². The molecule has 1 saturated heterocycles. The number of hydrogen-bond acceptors (Lipinski definition) is 6. The van der Waals surface area contributed by atoms with Crippen molar-refractivity contribution >= 4 is 17.6 Å². The van der Waals surface area contributed by atoms with Gasteiger partial charge in [-0.1, -0.05) is 25.5 Å². The normalized spacial score (nSPS) is 14.0. The third-order valence-corrected chi connectivity index (χ3v) is 4.93. The number of nitrogens with zero attached hydrogens (tertiary/aromatic N) is 1. The fraction of sp³-hybridized carbons (Fsp3) is 0.636. The second-order valence-electron chi connectivity index (χ2n) is 7.37. The molecule has 1 aliphatic rings. The van der Waals surface area contributed by atoms with Crippen LogP contribution in [0.2, 0.25) is 0 Å². The van der Waals surface area contributed by atoms with E-state index in [-0.39, 0.29) is 11.9 Å². The minimum atomic E-state index is -0.282. The minimum absolute atomic E-state index is 0.252. The number of unbranched alkanes of at least 4 members (excludes halogenated alkanes) is 2. The number of ether oxygens (including phenoxy) is 1. The molecule has 0 bridgehead atoms. The largest absolute Gasteiger partial charge is 0.424 e. The number of aryl methyl sites for hydroxylation is 1. The molecule has 1 heterocycles. The van der Waals surface area contributed by atoms with Crippen molar-refractivity contribution in [3.05, 3.63) is 23.8 Å². The van der Waals surface area contributed by atoms with E-state index in [0.29, 0.717) is 38.0 Å². The Labute approximate surface area is 168 Å². The van der Waals surface area contributed by atoms with Crippen molar-refractivity contribution in [2.45, 2.75) is 71.6 Å². The molecule has 1 aliphatic heterocycles. The first-order valence-corrected chi connectivity index (χ1v) is 10.6. The Morgan fingerprint density at radius 2 is 1.75 bits per heavy atom. The number of carbonyl (C=O) groups is 2. The Kier molecular flexibility index (Phi) is 9.83. The van der Waals surface area contributed by atoms with Crippen LogP contribution in [0.1, 0.15) is 70.3 Å². The van der Waals surface area contributed by atoms with Crippen LogP contribution in [-0.2, 0) is 14.4 Å². The second kappa shape index (κ2) is 12.4. The van der Waals surface area contributed by atoms with Gasteiger partial charge in [0.1, 0.15) is 0 Å². The molecule has 0 spiro atoms. The summed E-state index contributed by atoms with van der Waals surface area (Å²) in [4.78, 5) is 31.1. The van der Waals surface area contributed by atoms with Crippen LogP contribution in [0.5, 0.6) is 5.75 Å². The summed E-state index contributed by atoms with van der Waals surface area (Å²) < 4.78 is 5.67. The summed E-state index contributed by atoms with van der Waals surface area (Å²) >= 11 is 0. The first-order chi connectivity index (χ1) is 13.6. The lowest BCUT2D eigenvalue weighted by Crippen LogP contribution is -2.30. The van der Waals surface area contributed by atoms with Gasteiger partial charge in [-0.25, -0.2) is 0 Å². The number of benzene rings is 1. The van der Waals surface area contributed by atoms with Crippen LogP contribution in [0.15, 0.2) is 18.2 Å². The fourth-order valence-electron chi connectivity index (χ4n) is 3.38. The van der Waals surface area contributed by atoms with Gasteiger partial charge in [-0.05, 0) is 57.1 Å². The molecule has 0 unspecified atom stereocenters. The molecule has 1 aromatic rings. The summed E-state index contributed by atoms with van der Waals surface area (Å²) in [7, 11) is 0. The van der Waals surface area contributed by atoms with Gasteiger partial charge >= 0.3 is 11.9 Å². The van der Waals surface area contributed by atoms with Crippen molar-refractivity contribution in [3.63, 3.8) is 0 Å². The molecule has 1 fully saturated rings. The zero-order chi connectivity index (χ0) is 20.2. The van der Waals surface area contributed by atoms with Gasteiger partial charge < -0.3 is 14.5 Å². The first-order valence-electron chi connectivity index (χ1n) is 10.6. The highest BCUT2D eigenvalue weighted by atomic mass is 16.7. The summed E-state index contributed by atoms with van der Waals surface area (Å²) in [5.41, 5.74) is 4.83. The van der Waals surface area contributed by atoms with Gasteiger partial charge in [0.15, 0.2) is 5.75 Å². The molecule has 1 aromatic carbocycles. The minimum Gasteiger partial charge on any atom is -0.424 e. The van der Waals surface area contributed by atoms with E-state index < -0.39 is 0 Å². The van der Waals surface area contributed by atoms with Gasteiger partial charge in [0.25, 0.3) is 0 Å². The summed E-state index contributed by atoms with van der Waals surface area (Å²) in [5.74, 6) is 0.111. The van der Waals surface area contributed by atoms with Gasteiger partial charge in [-0.3, -0.25) is 9.59 Å². The number of anilines is 1. The quantitative estimate of drug-likeness (QED) is 0.263. The van der Waals surface area contributed by atoms with E-state index >= 15 is 0 Å². The highest BCUT2D eigenvalue weighted by Gasteiger charge is 2.19. The Hall–Kier alpha value is -2.08. The molecule has 6 nitrogen and oxygen atoms in total. The molecule has 0 amide bonds. The standard InChI is InChI=1S/C22H34N2O4/c1-3-4-15-23-28-21(26)14-7-6-13-20(25)27-19-12-10-11-18(2)22(19)24-16-8-5-9-17-24/h10-12,23H,3-9,13-17H2,1-2H3. The summed E-state index contributed by atoms with van der Waals surface area (Å²) in [6, 6.07) is 5.85. The van der Waals surface area contributed by atoms with Crippen molar-refractivity contribution < 1.29 is 19.2 Å². The van der Waals surface area contributed by atoms with Gasteiger partial charge in [-0.2, -0.15) is 5.48 Å². The monoisotopic (exact) mass is 390 g/mol. The number of hydroxylamine groups is 1. The van der Waals surface area contributed by atoms with Crippen LogP contribution in [-0.4, -0.2) is 31.6 Å². The molecule has 1 N–H and O–H groups in total. The molecular weight excluding hydrogens is 356 g/mol. The average Bonchev–Trinajstić information content (AvgIpc) is 2.69. The van der Waals surface area contributed by atoms with Crippen molar-refractivity contribution in [1.82, 2.24) is 5.48 Å². The molecule has 156 valence electrons. The van der Waals surface area contributed by atoms with Crippen molar-refractivity contribution in [1.29, 1.82) is 0 Å². The van der Waals surface area contributed by atoms with Gasteiger partial charge in [0, 0.05) is 32.5 Å². The van der Waals surface area contributed by atoms with Crippen LogP contribution >= 0.6 is 0 Å². The van der Waals surface area contributed by atoms with Gasteiger partial charge in [0.05, 0.1) is 5.69 Å². The topological polar surface area (TPSA) is 67.9 Å². The van der Waals surface area contributed by atoms with Crippen LogP contribution in [0.3, 0.4) is 0 Å². The maximum atomic E-state index is 12.3. The van der Waals surface area contributed by atoms with Crippen LogP contribution in [0.25, 0.3) is 0 Å². The van der Waals surface area contributed by atoms with Crippen molar-refractivity contribution in [3.8, 4) is 5.75 Å². The molecule has 28 heavy (non-hydrogen) atoms. The third-order valence-electron chi connectivity index (χ3n) is 4.93. The average molecular weight is 391 g/mol. The molecule has 6 heteroatoms. The zero-order valence-electron chi connectivity index (χ0n) is 17.3. The van der Waals surface area contributed by atoms with Gasteiger partial charge in [-0.15, -0.1) is 0 Å². The lowest BCUT2D eigenvalue weighted by Gasteiger charge is -2.31. The Balaban J connectivity index is 1.74. The summed E-state index contributed by atoms with van der Waals surface area (Å²) in [6.45, 7) is 6.81. The molecule has 0 radical (unpaired) electrons. The number of piperidine rings is 1. The van der Waals surface area contributed by atoms with E-state index in [9.17, 15) is 9.59 Å². The predicted molar refractivity (Wildman–Crippen MR) is 110 cm³/mol. The number of hydrogen-bond donors (Lipinski definition) is 1. The molecule has 0 saturated carbocycles. The van der Waals surface area contributed by atoms with Crippen molar-refractivity contribution in [2.24, 2.45) is 0 Å². The zero-order valence-corrected chi connectivity index (χ0v) is 17.3. The lowest BCUT2D eigenvalue weighted by atomic mass is 10.1. The van der Waals surface area contributed by atoms with Crippen LogP contribution in [0.4, 0.5) is 5.69 Å². The van der Waals surface area contributed by atoms with Crippen LogP contribution in [0, 0.1) is 6.92 Å². The Morgan fingerprint density at radius 3 is 2.46 bits per heavy atom. The van der Waals surface area contributed by atoms with Gasteiger partial charge in [0.2, 0.25) is 0 Å². The SMILES string of the molecule is CCCCNOC(=O)CCCCC(=O)Oc1cccc(C)c1N1CCCCC1. The lowest BCUT2D eigenvalue weighted by molar-refractivity contribution is -0.151. The highest BCUT2D eigenvalue weighted by Crippen LogP contribution is 2.34. The van der Waals surface area contributed by atoms with E-state index in [0.717, 1.165) is 37.2 Å². The van der Waals surface area contributed by atoms with Crippen LogP contribution < -0.4 is 15.1 Å². The van der Waals surface area contributed by atoms with E-state index in [2.05, 4.69) is 30.3 Å².